The standard InChI is InChI=1S/C14H14FN3O3/c1-14(2,13(20)21)18-12(16)10(7-19)11(17-18)8-3-5-9(15)6-4-8/h3-7H,16H2,1-2H3,(H,20,21). The third-order valence-corrected chi connectivity index (χ3v) is 3.25. The Balaban J connectivity index is 2.66. The average Bonchev–Trinajstić information content (AvgIpc) is 2.77. The molecule has 0 saturated carbocycles. The molecule has 1 heterocycles. The van der Waals surface area contributed by atoms with E-state index in [0.717, 1.165) is 4.68 Å². The number of hydrogen-bond acceptors (Lipinski definition) is 4. The zero-order valence-corrected chi connectivity index (χ0v) is 11.5. The molecule has 0 saturated heterocycles. The topological polar surface area (TPSA) is 98.2 Å². The van der Waals surface area contributed by atoms with Gasteiger partial charge in [-0.05, 0) is 38.1 Å². The highest BCUT2D eigenvalue weighted by atomic mass is 19.1. The van der Waals surface area contributed by atoms with Crippen LogP contribution < -0.4 is 5.73 Å². The summed E-state index contributed by atoms with van der Waals surface area (Å²) in [5.74, 6) is -1.61. The molecule has 110 valence electrons. The lowest BCUT2D eigenvalue weighted by Gasteiger charge is -2.21. The van der Waals surface area contributed by atoms with Crippen molar-refractivity contribution in [2.45, 2.75) is 19.4 Å². The van der Waals surface area contributed by atoms with Gasteiger partial charge < -0.3 is 10.8 Å². The van der Waals surface area contributed by atoms with E-state index < -0.39 is 17.3 Å². The molecule has 0 atom stereocenters. The molecule has 0 bridgehead atoms. The first-order chi connectivity index (χ1) is 9.78. The number of anilines is 1. The van der Waals surface area contributed by atoms with Crippen LogP contribution in [0.25, 0.3) is 11.3 Å². The maximum Gasteiger partial charge on any atom is 0.331 e. The van der Waals surface area contributed by atoms with Crippen molar-refractivity contribution in [3.63, 3.8) is 0 Å². The smallest absolute Gasteiger partial charge is 0.331 e. The Morgan fingerprint density at radius 2 is 1.95 bits per heavy atom. The van der Waals surface area contributed by atoms with Gasteiger partial charge in [-0.15, -0.1) is 0 Å². The highest BCUT2D eigenvalue weighted by molar-refractivity contribution is 5.92. The lowest BCUT2D eigenvalue weighted by Crippen LogP contribution is -2.37. The first-order valence-corrected chi connectivity index (χ1v) is 6.12. The fourth-order valence-corrected chi connectivity index (χ4v) is 1.90. The number of nitrogens with zero attached hydrogens (tertiary/aromatic N) is 2. The number of nitrogens with two attached hydrogens (primary N) is 1. The third kappa shape index (κ3) is 2.37. The van der Waals surface area contributed by atoms with Gasteiger partial charge in [0.15, 0.2) is 11.8 Å². The summed E-state index contributed by atoms with van der Waals surface area (Å²) in [5.41, 5.74) is 5.20. The molecule has 0 unspecified atom stereocenters. The van der Waals surface area contributed by atoms with Crippen molar-refractivity contribution in [2.75, 3.05) is 5.73 Å². The molecule has 0 amide bonds. The molecule has 1 aromatic carbocycles. The van der Waals surface area contributed by atoms with Crippen molar-refractivity contribution >= 4 is 18.1 Å². The quantitative estimate of drug-likeness (QED) is 0.838. The maximum absolute atomic E-state index is 13.0. The van der Waals surface area contributed by atoms with E-state index in [4.69, 9.17) is 5.73 Å². The number of nitrogen functional groups attached to an aromatic ring is 1. The lowest BCUT2D eigenvalue weighted by molar-refractivity contribution is -0.146. The minimum Gasteiger partial charge on any atom is -0.479 e. The van der Waals surface area contributed by atoms with Crippen LogP contribution in [0.2, 0.25) is 0 Å². The molecule has 1 aromatic heterocycles. The average molecular weight is 291 g/mol. The Labute approximate surface area is 120 Å². The van der Waals surface area contributed by atoms with Gasteiger partial charge >= 0.3 is 5.97 Å². The molecule has 0 radical (unpaired) electrons. The molecule has 3 N–H and O–H groups in total. The highest BCUT2D eigenvalue weighted by Gasteiger charge is 2.34. The zero-order chi connectivity index (χ0) is 15.8. The molecular weight excluding hydrogens is 277 g/mol. The van der Waals surface area contributed by atoms with Crippen molar-refractivity contribution in [2.24, 2.45) is 0 Å². The summed E-state index contributed by atoms with van der Waals surface area (Å²) in [4.78, 5) is 22.6. The summed E-state index contributed by atoms with van der Waals surface area (Å²) in [6.07, 6.45) is 0.509. The Bertz CT molecular complexity index is 705. The summed E-state index contributed by atoms with van der Waals surface area (Å²) in [6.45, 7) is 2.84. The van der Waals surface area contributed by atoms with Gasteiger partial charge in [0.25, 0.3) is 0 Å². The number of aldehydes is 1. The van der Waals surface area contributed by atoms with Gasteiger partial charge in [0.2, 0.25) is 0 Å². The minimum atomic E-state index is -1.42. The molecule has 2 aromatic rings. The number of carbonyl (C=O) groups excluding carboxylic acids is 1. The zero-order valence-electron chi connectivity index (χ0n) is 11.5. The first kappa shape index (κ1) is 14.7. The second-order valence-corrected chi connectivity index (χ2v) is 5.05. The Morgan fingerprint density at radius 3 is 2.43 bits per heavy atom. The number of carboxylic acid groups (broad SMARTS) is 1. The van der Waals surface area contributed by atoms with E-state index >= 15 is 0 Å². The lowest BCUT2D eigenvalue weighted by atomic mass is 10.1. The fourth-order valence-electron chi connectivity index (χ4n) is 1.90. The van der Waals surface area contributed by atoms with Crippen LogP contribution in [-0.2, 0) is 10.3 Å². The molecular formula is C14H14FN3O3. The molecule has 0 aliphatic carbocycles. The predicted molar refractivity (Wildman–Crippen MR) is 74.4 cm³/mol. The largest absolute Gasteiger partial charge is 0.479 e. The second-order valence-electron chi connectivity index (χ2n) is 5.05. The number of aromatic nitrogens is 2. The van der Waals surface area contributed by atoms with Gasteiger partial charge in [-0.2, -0.15) is 5.10 Å². The van der Waals surface area contributed by atoms with Crippen molar-refractivity contribution in [1.82, 2.24) is 9.78 Å². The number of benzene rings is 1. The van der Waals surface area contributed by atoms with E-state index in [-0.39, 0.29) is 17.1 Å². The summed E-state index contributed by atoms with van der Waals surface area (Å²) in [7, 11) is 0. The van der Waals surface area contributed by atoms with E-state index in [1.54, 1.807) is 0 Å². The van der Waals surface area contributed by atoms with Gasteiger partial charge in [0.05, 0.1) is 5.56 Å². The summed E-state index contributed by atoms with van der Waals surface area (Å²) in [5, 5.41) is 13.4. The van der Waals surface area contributed by atoms with Crippen LogP contribution in [0.1, 0.15) is 24.2 Å². The molecule has 7 heteroatoms. The van der Waals surface area contributed by atoms with E-state index in [0.29, 0.717) is 11.8 Å². The molecule has 0 spiro atoms. The number of carboxylic acids is 1. The van der Waals surface area contributed by atoms with Crippen LogP contribution in [0.4, 0.5) is 10.2 Å². The fraction of sp³-hybridized carbons (Fsp3) is 0.214. The molecule has 0 fully saturated rings. The van der Waals surface area contributed by atoms with Crippen LogP contribution in [0.15, 0.2) is 24.3 Å². The Morgan fingerprint density at radius 1 is 1.38 bits per heavy atom. The van der Waals surface area contributed by atoms with Crippen molar-refractivity contribution < 1.29 is 19.1 Å². The summed E-state index contributed by atoms with van der Waals surface area (Å²) < 4.78 is 14.0. The molecule has 6 nitrogen and oxygen atoms in total. The minimum absolute atomic E-state index is 0.0447. The van der Waals surface area contributed by atoms with E-state index in [1.807, 2.05) is 0 Å². The number of halogens is 1. The van der Waals surface area contributed by atoms with Crippen molar-refractivity contribution in [3.8, 4) is 11.3 Å². The second kappa shape index (κ2) is 5.01. The van der Waals surface area contributed by atoms with Crippen LogP contribution >= 0.6 is 0 Å². The van der Waals surface area contributed by atoms with Gasteiger partial charge in [-0.25, -0.2) is 13.9 Å². The van der Waals surface area contributed by atoms with Gasteiger partial charge in [0.1, 0.15) is 17.3 Å². The highest BCUT2D eigenvalue weighted by Crippen LogP contribution is 2.30. The molecule has 0 aliphatic rings. The van der Waals surface area contributed by atoms with Gasteiger partial charge in [-0.1, -0.05) is 0 Å². The number of rotatable bonds is 4. The summed E-state index contributed by atoms with van der Waals surface area (Å²) >= 11 is 0. The van der Waals surface area contributed by atoms with Crippen molar-refractivity contribution in [3.05, 3.63) is 35.6 Å². The summed E-state index contributed by atoms with van der Waals surface area (Å²) in [6, 6.07) is 5.34. The molecule has 21 heavy (non-hydrogen) atoms. The van der Waals surface area contributed by atoms with E-state index in [9.17, 15) is 19.1 Å². The number of carbonyl (C=O) groups is 2. The maximum atomic E-state index is 13.0. The Kier molecular flexibility index (Phi) is 3.51. The van der Waals surface area contributed by atoms with Crippen LogP contribution in [0.5, 0.6) is 0 Å². The normalized spacial score (nSPS) is 11.4. The predicted octanol–water partition coefficient (Wildman–Crippen LogP) is 1.90. The first-order valence-electron chi connectivity index (χ1n) is 6.12. The molecule has 0 aliphatic heterocycles. The van der Waals surface area contributed by atoms with Crippen LogP contribution in [0.3, 0.4) is 0 Å². The number of aliphatic carboxylic acids is 1. The van der Waals surface area contributed by atoms with Crippen molar-refractivity contribution in [1.29, 1.82) is 0 Å². The van der Waals surface area contributed by atoms with Gasteiger partial charge in [0, 0.05) is 5.56 Å². The SMILES string of the molecule is CC(C)(C(=O)O)n1nc(-c2ccc(F)cc2)c(C=O)c1N. The third-order valence-electron chi connectivity index (χ3n) is 3.25. The van der Waals surface area contributed by atoms with E-state index in [1.165, 1.54) is 38.1 Å². The number of hydrogen-bond donors (Lipinski definition) is 2. The Hall–Kier alpha value is -2.70. The van der Waals surface area contributed by atoms with Crippen LogP contribution in [-0.4, -0.2) is 27.1 Å². The molecule has 2 rings (SSSR count). The van der Waals surface area contributed by atoms with Crippen LogP contribution in [0, 0.1) is 5.82 Å². The monoisotopic (exact) mass is 291 g/mol. The van der Waals surface area contributed by atoms with E-state index in [2.05, 4.69) is 5.10 Å². The van der Waals surface area contributed by atoms with Gasteiger partial charge in [-0.3, -0.25) is 4.79 Å².